The van der Waals surface area contributed by atoms with Crippen LogP contribution in [0, 0.1) is 5.92 Å². The molecule has 2 rings (SSSR count). The summed E-state index contributed by atoms with van der Waals surface area (Å²) in [6.45, 7) is 12.1. The number of rotatable bonds is 5. The lowest BCUT2D eigenvalue weighted by atomic mass is 10.0. The summed E-state index contributed by atoms with van der Waals surface area (Å²) in [5, 5.41) is 3.54. The minimum Gasteiger partial charge on any atom is -0.356 e. The summed E-state index contributed by atoms with van der Waals surface area (Å²) in [4.78, 5) is 7.00. The Morgan fingerprint density at radius 1 is 1.40 bits per heavy atom. The van der Waals surface area contributed by atoms with Gasteiger partial charge in [0, 0.05) is 31.4 Å². The molecule has 20 heavy (non-hydrogen) atoms. The Balaban J connectivity index is 1.96. The van der Waals surface area contributed by atoms with Crippen molar-refractivity contribution in [2.45, 2.75) is 59.0 Å². The molecule has 112 valence electrons. The van der Waals surface area contributed by atoms with Gasteiger partial charge in [0.25, 0.3) is 0 Å². The number of pyridine rings is 1. The van der Waals surface area contributed by atoms with Crippen LogP contribution in [0.15, 0.2) is 18.3 Å². The number of aromatic nitrogens is 1. The molecule has 3 nitrogen and oxygen atoms in total. The van der Waals surface area contributed by atoms with E-state index in [1.54, 1.807) is 0 Å². The van der Waals surface area contributed by atoms with Gasteiger partial charge in [0.1, 0.15) is 5.82 Å². The Hall–Kier alpha value is -1.09. The molecular formula is C17H29N3. The average Bonchev–Trinajstić information content (AvgIpc) is 2.85. The molecule has 1 unspecified atom stereocenters. The molecule has 0 spiro atoms. The zero-order valence-electron chi connectivity index (χ0n) is 13.4. The van der Waals surface area contributed by atoms with Gasteiger partial charge < -0.3 is 10.2 Å². The van der Waals surface area contributed by atoms with Crippen molar-refractivity contribution in [3.8, 4) is 0 Å². The molecule has 3 heteroatoms. The summed E-state index contributed by atoms with van der Waals surface area (Å²) in [5.41, 5.74) is 1.48. The zero-order valence-corrected chi connectivity index (χ0v) is 13.4. The predicted octanol–water partition coefficient (Wildman–Crippen LogP) is 3.60. The Bertz CT molecular complexity index is 422. The van der Waals surface area contributed by atoms with E-state index in [-0.39, 0.29) is 5.54 Å². The summed E-state index contributed by atoms with van der Waals surface area (Å²) in [6.07, 6.45) is 5.91. The monoisotopic (exact) mass is 275 g/mol. The SMILES string of the molecule is CCCC1CCN(c2cc(CNC(C)(C)C)ccn2)C1. The second-order valence-electron chi connectivity index (χ2n) is 7.02. The molecular weight excluding hydrogens is 246 g/mol. The molecule has 1 atom stereocenters. The van der Waals surface area contributed by atoms with Gasteiger partial charge in [-0.05, 0) is 57.2 Å². The van der Waals surface area contributed by atoms with E-state index in [2.05, 4.69) is 55.0 Å². The largest absolute Gasteiger partial charge is 0.356 e. The Morgan fingerprint density at radius 2 is 2.20 bits per heavy atom. The van der Waals surface area contributed by atoms with E-state index >= 15 is 0 Å². The fraction of sp³-hybridized carbons (Fsp3) is 0.706. The van der Waals surface area contributed by atoms with Crippen LogP contribution in [0.1, 0.15) is 52.5 Å². The van der Waals surface area contributed by atoms with Gasteiger partial charge in [-0.15, -0.1) is 0 Å². The summed E-state index contributed by atoms with van der Waals surface area (Å²) >= 11 is 0. The van der Waals surface area contributed by atoms with Crippen molar-refractivity contribution in [1.29, 1.82) is 0 Å². The average molecular weight is 275 g/mol. The minimum absolute atomic E-state index is 0.156. The highest BCUT2D eigenvalue weighted by Crippen LogP contribution is 2.25. The van der Waals surface area contributed by atoms with Crippen molar-refractivity contribution in [1.82, 2.24) is 10.3 Å². The number of hydrogen-bond acceptors (Lipinski definition) is 3. The second-order valence-corrected chi connectivity index (χ2v) is 7.02. The van der Waals surface area contributed by atoms with Crippen LogP contribution in [0.5, 0.6) is 0 Å². The first-order valence-electron chi connectivity index (χ1n) is 7.93. The van der Waals surface area contributed by atoms with E-state index in [0.717, 1.165) is 24.8 Å². The number of hydrogen-bond donors (Lipinski definition) is 1. The molecule has 1 fully saturated rings. The lowest BCUT2D eigenvalue weighted by molar-refractivity contribution is 0.424. The fourth-order valence-corrected chi connectivity index (χ4v) is 2.80. The van der Waals surface area contributed by atoms with E-state index in [4.69, 9.17) is 0 Å². The molecule has 0 amide bonds. The third kappa shape index (κ3) is 4.48. The van der Waals surface area contributed by atoms with E-state index in [0.29, 0.717) is 0 Å². The molecule has 2 heterocycles. The van der Waals surface area contributed by atoms with E-state index in [1.165, 1.54) is 31.4 Å². The van der Waals surface area contributed by atoms with Crippen LogP contribution in [0.2, 0.25) is 0 Å². The first-order valence-corrected chi connectivity index (χ1v) is 7.93. The van der Waals surface area contributed by atoms with Crippen LogP contribution in [0.25, 0.3) is 0 Å². The molecule has 0 radical (unpaired) electrons. The molecule has 1 saturated heterocycles. The summed E-state index contributed by atoms with van der Waals surface area (Å²) in [7, 11) is 0. The smallest absolute Gasteiger partial charge is 0.128 e. The number of nitrogens with zero attached hydrogens (tertiary/aromatic N) is 2. The van der Waals surface area contributed by atoms with Gasteiger partial charge in [0.05, 0.1) is 0 Å². The second kappa shape index (κ2) is 6.57. The molecule has 1 aliphatic heterocycles. The van der Waals surface area contributed by atoms with Crippen molar-refractivity contribution in [3.05, 3.63) is 23.9 Å². The van der Waals surface area contributed by atoms with Gasteiger partial charge in [-0.25, -0.2) is 4.98 Å². The van der Waals surface area contributed by atoms with Gasteiger partial charge in [0.15, 0.2) is 0 Å². The summed E-state index contributed by atoms with van der Waals surface area (Å²) in [6, 6.07) is 4.36. The fourth-order valence-electron chi connectivity index (χ4n) is 2.80. The van der Waals surface area contributed by atoms with Gasteiger partial charge >= 0.3 is 0 Å². The number of nitrogens with one attached hydrogen (secondary N) is 1. The molecule has 1 aromatic heterocycles. The third-order valence-electron chi connectivity index (χ3n) is 3.94. The Labute approximate surface area is 123 Å². The van der Waals surface area contributed by atoms with Crippen molar-refractivity contribution in [2.75, 3.05) is 18.0 Å². The highest BCUT2D eigenvalue weighted by atomic mass is 15.2. The lowest BCUT2D eigenvalue weighted by Gasteiger charge is -2.22. The Morgan fingerprint density at radius 3 is 2.90 bits per heavy atom. The minimum atomic E-state index is 0.156. The summed E-state index contributed by atoms with van der Waals surface area (Å²) in [5.74, 6) is 2.01. The lowest BCUT2D eigenvalue weighted by Crippen LogP contribution is -2.35. The van der Waals surface area contributed by atoms with E-state index < -0.39 is 0 Å². The zero-order chi connectivity index (χ0) is 14.6. The maximum atomic E-state index is 4.56. The molecule has 0 aliphatic carbocycles. The van der Waals surface area contributed by atoms with Crippen LogP contribution < -0.4 is 10.2 Å². The summed E-state index contributed by atoms with van der Waals surface area (Å²) < 4.78 is 0. The first-order chi connectivity index (χ1) is 9.48. The van der Waals surface area contributed by atoms with Gasteiger partial charge in [0.2, 0.25) is 0 Å². The highest BCUT2D eigenvalue weighted by molar-refractivity contribution is 5.42. The maximum Gasteiger partial charge on any atom is 0.128 e. The van der Waals surface area contributed by atoms with E-state index in [9.17, 15) is 0 Å². The van der Waals surface area contributed by atoms with Gasteiger partial charge in [-0.2, -0.15) is 0 Å². The quantitative estimate of drug-likeness (QED) is 0.890. The predicted molar refractivity (Wildman–Crippen MR) is 86.1 cm³/mol. The number of anilines is 1. The highest BCUT2D eigenvalue weighted by Gasteiger charge is 2.22. The third-order valence-corrected chi connectivity index (χ3v) is 3.94. The Kier molecular flexibility index (Phi) is 5.03. The van der Waals surface area contributed by atoms with Crippen LogP contribution in [-0.4, -0.2) is 23.6 Å². The maximum absolute atomic E-state index is 4.56. The molecule has 0 aromatic carbocycles. The van der Waals surface area contributed by atoms with E-state index in [1.807, 2.05) is 6.20 Å². The van der Waals surface area contributed by atoms with Crippen molar-refractivity contribution in [3.63, 3.8) is 0 Å². The van der Waals surface area contributed by atoms with Crippen LogP contribution >= 0.6 is 0 Å². The first kappa shape index (κ1) is 15.3. The molecule has 1 aromatic rings. The normalized spacial score (nSPS) is 19.6. The van der Waals surface area contributed by atoms with Crippen LogP contribution in [-0.2, 0) is 6.54 Å². The standard InChI is InChI=1S/C17H29N3/c1-5-6-14-8-10-20(13-14)16-11-15(7-9-18-16)12-19-17(2,3)4/h7,9,11,14,19H,5-6,8,10,12-13H2,1-4H3. The van der Waals surface area contributed by atoms with Gasteiger partial charge in [-0.1, -0.05) is 13.3 Å². The molecule has 0 saturated carbocycles. The topological polar surface area (TPSA) is 28.2 Å². The van der Waals surface area contributed by atoms with Crippen LogP contribution in [0.3, 0.4) is 0 Å². The molecule has 0 bridgehead atoms. The van der Waals surface area contributed by atoms with Crippen molar-refractivity contribution < 1.29 is 0 Å². The molecule has 1 N–H and O–H groups in total. The molecule has 1 aliphatic rings. The van der Waals surface area contributed by atoms with Crippen molar-refractivity contribution >= 4 is 5.82 Å². The van der Waals surface area contributed by atoms with Crippen LogP contribution in [0.4, 0.5) is 5.82 Å². The van der Waals surface area contributed by atoms with Gasteiger partial charge in [-0.3, -0.25) is 0 Å². The van der Waals surface area contributed by atoms with Crippen molar-refractivity contribution in [2.24, 2.45) is 5.92 Å².